The lowest BCUT2D eigenvalue weighted by molar-refractivity contribution is -0.259. The van der Waals surface area contributed by atoms with Crippen LogP contribution in [-0.2, 0) is 42.6 Å². The molecule has 0 bridgehead atoms. The molecule has 19 heteroatoms. The fourth-order valence-corrected chi connectivity index (χ4v) is 8.49. The lowest BCUT2D eigenvalue weighted by atomic mass is 9.91. The quantitative estimate of drug-likeness (QED) is 0.221. The van der Waals surface area contributed by atoms with E-state index in [2.05, 4.69) is 332 Å². The summed E-state index contributed by atoms with van der Waals surface area (Å²) in [6.45, 7) is 105. The van der Waals surface area contributed by atoms with Crippen LogP contribution in [0.25, 0.3) is 0 Å². The molecule has 19 nitrogen and oxygen atoms in total. The maximum Gasteiger partial charge on any atom is 0.162 e. The molecule has 0 amide bonds. The van der Waals surface area contributed by atoms with Crippen LogP contribution in [0.1, 0.15) is 288 Å². The van der Waals surface area contributed by atoms with E-state index in [1.165, 1.54) is 32.1 Å². The highest BCUT2D eigenvalue weighted by molar-refractivity contribution is 5.66. The van der Waals surface area contributed by atoms with Crippen molar-refractivity contribution in [2.75, 3.05) is 105 Å². The molecule has 7 aliphatic rings. The fourth-order valence-electron chi connectivity index (χ4n) is 8.49. The molecule has 0 saturated carbocycles. The Morgan fingerprint density at radius 3 is 0.743 bits per heavy atom. The molecule has 0 aliphatic carbocycles. The molecule has 0 aromatic rings. The third kappa shape index (κ3) is 77.4. The standard InChI is InChI=1S/C10H20N2.C10H20O2.C9H18N2O.C9H18N2.C9H18O2.C8H16O2.4C7H13N.C7H14O2/c1-10(2,3)9-11-12-7-5-4-6-8-12;1-9(2,3)8-11-6-10(4,5)7-12-8;1-9(2,3)8-10-11-4-6-12-7-5-11;1-9(2,3)8-10-11-6-4-5-7-11;1-7-5-10-8(11-6-7)9(2,3)4;1-8(2,3)7-9-5-4-6-10-7;4*1-5-8-6-7(2,3)4;1-7(2,3)6-8-4-5-9-6/h9H,4-8H2,1-3H3;8H,6-7H2,1-5H3;8H,4-7H2,1-3H3;8H,4-7H2,1-3H3;7-8H,5-6H2,1-4H3;7H,4-6H2,1-3H3;4*5-6H,1H2,2-4H3;6H,4-5H2,1-3H3/b11-9+;;2*10-8+;;;;;;;. The first kappa shape index (κ1) is 111. The lowest BCUT2D eigenvalue weighted by Gasteiger charge is -2.40. The van der Waals surface area contributed by atoms with Gasteiger partial charge in [-0.05, 0) is 76.4 Å². The lowest BCUT2D eigenvalue weighted by Crippen LogP contribution is -2.43. The normalized spacial score (nSPS) is 20.4. The van der Waals surface area contributed by atoms with Crippen molar-refractivity contribution < 1.29 is 42.6 Å². The minimum Gasteiger partial charge on any atom is -0.378 e. The van der Waals surface area contributed by atoms with Crippen molar-refractivity contribution in [2.45, 2.75) is 313 Å². The van der Waals surface area contributed by atoms with Gasteiger partial charge in [-0.1, -0.05) is 276 Å². The highest BCUT2D eigenvalue weighted by Crippen LogP contribution is 2.32. The number of morpholine rings is 1. The highest BCUT2D eigenvalue weighted by atomic mass is 16.7. The summed E-state index contributed by atoms with van der Waals surface area (Å²) in [4.78, 5) is 15.5. The molecular weight excluding hydrogens is 1370 g/mol. The number of ether oxygens (including phenoxy) is 9. The molecular formula is C90H176N10O9. The molecule has 7 fully saturated rings. The number of aliphatic imine (C=N–C) groups is 4. The van der Waals surface area contributed by atoms with Crippen LogP contribution < -0.4 is 0 Å². The molecule has 0 aromatic carbocycles. The molecule has 0 unspecified atom stereocenters. The highest BCUT2D eigenvalue weighted by Gasteiger charge is 2.35. The second-order valence-electron chi connectivity index (χ2n) is 41.6. The Morgan fingerprint density at radius 2 is 0.514 bits per heavy atom. The summed E-state index contributed by atoms with van der Waals surface area (Å²) in [5, 5.41) is 19.7. The van der Waals surface area contributed by atoms with E-state index in [4.69, 9.17) is 42.6 Å². The van der Waals surface area contributed by atoms with Gasteiger partial charge < -0.3 is 42.6 Å². The summed E-state index contributed by atoms with van der Waals surface area (Å²) in [5.74, 6) is 0.550. The number of nitrogens with zero attached hydrogens (tertiary/aromatic N) is 10. The van der Waals surface area contributed by atoms with Gasteiger partial charge in [-0.25, -0.2) is 0 Å². The molecule has 109 heavy (non-hydrogen) atoms. The van der Waals surface area contributed by atoms with Crippen LogP contribution in [-0.4, -0.2) is 189 Å². The summed E-state index contributed by atoms with van der Waals surface area (Å²) in [6.07, 6.45) is 27.4. The van der Waals surface area contributed by atoms with Gasteiger partial charge in [0.15, 0.2) is 25.2 Å². The van der Waals surface area contributed by atoms with Crippen molar-refractivity contribution in [3.8, 4) is 0 Å². The first-order valence-corrected chi connectivity index (χ1v) is 40.5. The summed E-state index contributed by atoms with van der Waals surface area (Å²) in [7, 11) is 0. The van der Waals surface area contributed by atoms with Crippen molar-refractivity contribution >= 4 is 43.5 Å². The van der Waals surface area contributed by atoms with Crippen molar-refractivity contribution in [3.05, 3.63) is 51.1 Å². The Balaban J connectivity index is -0.000000559. The fraction of sp³-hybridized carbons (Fsp3) is 0.833. The average Bonchev–Trinajstić information content (AvgIpc) is 1.52. The minimum absolute atomic E-state index is 0.00116. The zero-order valence-electron chi connectivity index (χ0n) is 77.8. The van der Waals surface area contributed by atoms with Crippen molar-refractivity contribution in [2.24, 2.45) is 106 Å². The van der Waals surface area contributed by atoms with Crippen LogP contribution >= 0.6 is 0 Å². The van der Waals surface area contributed by atoms with E-state index in [-0.39, 0.29) is 90.1 Å². The van der Waals surface area contributed by atoms with E-state index in [0.29, 0.717) is 5.92 Å². The summed E-state index contributed by atoms with van der Waals surface area (Å²) < 4.78 is 49.0. The Bertz CT molecular complexity index is 2340. The summed E-state index contributed by atoms with van der Waals surface area (Å²) >= 11 is 0. The maximum atomic E-state index is 5.64. The van der Waals surface area contributed by atoms with Crippen LogP contribution in [0, 0.1) is 70.9 Å². The van der Waals surface area contributed by atoms with E-state index in [0.717, 1.165) is 112 Å². The van der Waals surface area contributed by atoms with Gasteiger partial charge in [0, 0.05) is 127 Å². The van der Waals surface area contributed by atoms with Gasteiger partial charge in [0.25, 0.3) is 0 Å². The first-order chi connectivity index (χ1) is 49.5. The van der Waals surface area contributed by atoms with Gasteiger partial charge in [0.2, 0.25) is 0 Å². The largest absolute Gasteiger partial charge is 0.378 e. The molecule has 7 rings (SSSR count). The molecule has 7 heterocycles. The second kappa shape index (κ2) is 55.2. The van der Waals surface area contributed by atoms with Crippen LogP contribution in [0.3, 0.4) is 0 Å². The zero-order valence-corrected chi connectivity index (χ0v) is 77.8. The summed E-state index contributed by atoms with van der Waals surface area (Å²) in [5.41, 5.74) is 2.03. The molecule has 640 valence electrons. The van der Waals surface area contributed by atoms with E-state index < -0.39 is 0 Å². The van der Waals surface area contributed by atoms with Gasteiger partial charge in [0.05, 0.1) is 79.2 Å². The van der Waals surface area contributed by atoms with E-state index in [9.17, 15) is 0 Å². The number of rotatable bonds is 7. The molecule has 7 aliphatic heterocycles. The number of piperidine rings is 1. The van der Waals surface area contributed by atoms with Crippen LogP contribution in [0.2, 0.25) is 0 Å². The van der Waals surface area contributed by atoms with Gasteiger partial charge in [-0.15, -0.1) is 0 Å². The van der Waals surface area contributed by atoms with Gasteiger partial charge in [-0.3, -0.25) is 35.0 Å². The molecule has 0 N–H and O–H groups in total. The molecule has 0 aromatic heterocycles. The van der Waals surface area contributed by atoms with Crippen LogP contribution in [0.4, 0.5) is 0 Å². The van der Waals surface area contributed by atoms with E-state index in [1.54, 1.807) is 24.8 Å². The average molecular weight is 1540 g/mol. The SMILES string of the molecule is C=CN=CC(C)(C)C.C=CN=CC(C)(C)C.C=CN=CC(C)(C)C.C=CN=CC(C)(C)C.CC(C)(C)/C=N/N1CCCC1.CC(C)(C)/C=N/N1CCCCC1.CC(C)(C)/C=N/N1CCOCC1.CC(C)(C)C1OCCCO1.CC(C)(C)C1OCCO1.CC1(C)COC(C(C)(C)C)OC1.CC1COC(C(C)(C)C)OC1. The minimum atomic E-state index is -0.0366. The predicted octanol–water partition coefficient (Wildman–Crippen LogP) is 22.6. The number of hydrogen-bond acceptors (Lipinski definition) is 19. The van der Waals surface area contributed by atoms with Crippen LogP contribution in [0.15, 0.2) is 86.4 Å². The maximum absolute atomic E-state index is 5.64. The third-order valence-electron chi connectivity index (χ3n) is 14.1. The zero-order chi connectivity index (χ0) is 85.3. The third-order valence-corrected chi connectivity index (χ3v) is 14.1. The molecule has 0 atom stereocenters. The Hall–Kier alpha value is -4.31. The Morgan fingerprint density at radius 1 is 0.284 bits per heavy atom. The van der Waals surface area contributed by atoms with Gasteiger partial charge >= 0.3 is 0 Å². The first-order valence-electron chi connectivity index (χ1n) is 40.5. The summed E-state index contributed by atoms with van der Waals surface area (Å²) in [6, 6.07) is 0. The van der Waals surface area contributed by atoms with Crippen LogP contribution in [0.5, 0.6) is 0 Å². The van der Waals surface area contributed by atoms with Crippen molar-refractivity contribution in [1.29, 1.82) is 0 Å². The van der Waals surface area contributed by atoms with Crippen molar-refractivity contribution in [1.82, 2.24) is 15.0 Å². The molecule has 0 radical (unpaired) electrons. The van der Waals surface area contributed by atoms with Crippen molar-refractivity contribution in [3.63, 3.8) is 0 Å². The Labute approximate surface area is 673 Å². The second-order valence-corrected chi connectivity index (χ2v) is 41.6. The molecule has 7 saturated heterocycles. The molecule has 0 spiro atoms. The van der Waals surface area contributed by atoms with Gasteiger partial charge in [0.1, 0.15) is 0 Å². The monoisotopic (exact) mass is 1540 g/mol. The van der Waals surface area contributed by atoms with Gasteiger partial charge in [-0.2, -0.15) is 15.3 Å². The van der Waals surface area contributed by atoms with E-state index >= 15 is 0 Å². The predicted molar refractivity (Wildman–Crippen MR) is 473 cm³/mol. The Kier molecular flexibility index (Phi) is 56.3. The smallest absolute Gasteiger partial charge is 0.162 e. The topological polar surface area (TPSA) is 179 Å². The number of hydrazone groups is 3. The number of hydrogen-bond donors (Lipinski definition) is 0. The van der Waals surface area contributed by atoms with E-state index in [1.807, 2.05) is 37.3 Å².